The molecule has 0 atom stereocenters. The number of hydrogen-bond acceptors (Lipinski definition) is 3. The zero-order chi connectivity index (χ0) is 10.9. The first-order valence-corrected chi connectivity index (χ1v) is 5.58. The Kier molecular flexibility index (Phi) is 5.78. The molecule has 0 fully saturated rings. The third-order valence-electron chi connectivity index (χ3n) is 2.24. The Morgan fingerprint density at radius 3 is 3.00 bits per heavy atom. The van der Waals surface area contributed by atoms with Crippen LogP contribution < -0.4 is 10.1 Å². The quantitative estimate of drug-likeness (QED) is 0.698. The lowest BCUT2D eigenvalue weighted by molar-refractivity contribution is 0.301. The van der Waals surface area contributed by atoms with E-state index in [0.717, 1.165) is 25.3 Å². The van der Waals surface area contributed by atoms with Crippen molar-refractivity contribution >= 4 is 0 Å². The zero-order valence-corrected chi connectivity index (χ0v) is 9.62. The standard InChI is InChI=1S/C12H20N2O/c1-3-4-5-8-15-12-10-14-7-6-11(12)9-13-2/h6-7,10,13H,3-5,8-9H2,1-2H3. The van der Waals surface area contributed by atoms with Crippen molar-refractivity contribution in [3.63, 3.8) is 0 Å². The van der Waals surface area contributed by atoms with Gasteiger partial charge in [0.15, 0.2) is 0 Å². The van der Waals surface area contributed by atoms with E-state index < -0.39 is 0 Å². The van der Waals surface area contributed by atoms with E-state index in [9.17, 15) is 0 Å². The van der Waals surface area contributed by atoms with Crippen molar-refractivity contribution in [1.29, 1.82) is 0 Å². The van der Waals surface area contributed by atoms with E-state index in [2.05, 4.69) is 17.2 Å². The fourth-order valence-electron chi connectivity index (χ4n) is 1.41. The highest BCUT2D eigenvalue weighted by atomic mass is 16.5. The number of rotatable bonds is 7. The summed E-state index contributed by atoms with van der Waals surface area (Å²) in [5.41, 5.74) is 1.17. The number of aromatic nitrogens is 1. The van der Waals surface area contributed by atoms with Crippen molar-refractivity contribution in [3.05, 3.63) is 24.0 Å². The molecule has 3 nitrogen and oxygen atoms in total. The largest absolute Gasteiger partial charge is 0.492 e. The van der Waals surface area contributed by atoms with Crippen molar-refractivity contribution in [2.24, 2.45) is 0 Å². The summed E-state index contributed by atoms with van der Waals surface area (Å²) in [7, 11) is 1.93. The summed E-state index contributed by atoms with van der Waals surface area (Å²) in [6, 6.07) is 1.99. The molecule has 0 radical (unpaired) electrons. The van der Waals surface area contributed by atoms with Gasteiger partial charge in [0.25, 0.3) is 0 Å². The molecular formula is C12H20N2O. The van der Waals surface area contributed by atoms with Gasteiger partial charge >= 0.3 is 0 Å². The average Bonchev–Trinajstić information content (AvgIpc) is 2.27. The smallest absolute Gasteiger partial charge is 0.142 e. The van der Waals surface area contributed by atoms with Gasteiger partial charge in [-0.3, -0.25) is 4.98 Å². The first-order valence-electron chi connectivity index (χ1n) is 5.58. The maximum Gasteiger partial charge on any atom is 0.142 e. The van der Waals surface area contributed by atoms with E-state index in [1.165, 1.54) is 18.4 Å². The molecule has 0 aromatic carbocycles. The fraction of sp³-hybridized carbons (Fsp3) is 0.583. The SMILES string of the molecule is CCCCCOc1cnccc1CNC. The van der Waals surface area contributed by atoms with Crippen LogP contribution in [0, 0.1) is 0 Å². The molecule has 1 aromatic rings. The van der Waals surface area contributed by atoms with Gasteiger partial charge in [-0.05, 0) is 19.5 Å². The van der Waals surface area contributed by atoms with Gasteiger partial charge in [-0.2, -0.15) is 0 Å². The summed E-state index contributed by atoms with van der Waals surface area (Å²) in [5.74, 6) is 0.906. The first kappa shape index (κ1) is 12.0. The highest BCUT2D eigenvalue weighted by Gasteiger charge is 2.01. The molecule has 0 bridgehead atoms. The number of unbranched alkanes of at least 4 members (excludes halogenated alkanes) is 2. The maximum atomic E-state index is 5.69. The normalized spacial score (nSPS) is 10.3. The van der Waals surface area contributed by atoms with Gasteiger partial charge in [-0.15, -0.1) is 0 Å². The molecule has 0 aliphatic heterocycles. The van der Waals surface area contributed by atoms with Crippen molar-refractivity contribution in [2.75, 3.05) is 13.7 Å². The van der Waals surface area contributed by atoms with E-state index >= 15 is 0 Å². The number of ether oxygens (including phenoxy) is 1. The summed E-state index contributed by atoms with van der Waals surface area (Å²) in [6.45, 7) is 3.80. The summed E-state index contributed by atoms with van der Waals surface area (Å²) >= 11 is 0. The van der Waals surface area contributed by atoms with Crippen LogP contribution in [0.4, 0.5) is 0 Å². The van der Waals surface area contributed by atoms with Crippen molar-refractivity contribution in [3.8, 4) is 5.75 Å². The molecule has 84 valence electrons. The summed E-state index contributed by atoms with van der Waals surface area (Å²) < 4.78 is 5.69. The molecule has 0 saturated heterocycles. The number of nitrogens with zero attached hydrogens (tertiary/aromatic N) is 1. The van der Waals surface area contributed by atoms with Crippen LogP contribution in [0.2, 0.25) is 0 Å². The van der Waals surface area contributed by atoms with Gasteiger partial charge in [-0.1, -0.05) is 19.8 Å². The summed E-state index contributed by atoms with van der Waals surface area (Å²) in [5, 5.41) is 3.12. The third-order valence-corrected chi connectivity index (χ3v) is 2.24. The van der Waals surface area contributed by atoms with Gasteiger partial charge < -0.3 is 10.1 Å². The van der Waals surface area contributed by atoms with E-state index in [1.54, 1.807) is 12.4 Å². The Hall–Kier alpha value is -1.09. The molecule has 0 amide bonds. The van der Waals surface area contributed by atoms with Crippen LogP contribution in [0.15, 0.2) is 18.5 Å². The van der Waals surface area contributed by atoms with E-state index in [0.29, 0.717) is 0 Å². The molecule has 1 rings (SSSR count). The molecule has 1 aromatic heterocycles. The van der Waals surface area contributed by atoms with Gasteiger partial charge in [-0.25, -0.2) is 0 Å². The van der Waals surface area contributed by atoms with Crippen LogP contribution in [0.1, 0.15) is 31.7 Å². The molecular weight excluding hydrogens is 188 g/mol. The lowest BCUT2D eigenvalue weighted by Gasteiger charge is -2.10. The van der Waals surface area contributed by atoms with Crippen LogP contribution >= 0.6 is 0 Å². The predicted molar refractivity (Wildman–Crippen MR) is 62.0 cm³/mol. The number of nitrogens with one attached hydrogen (secondary N) is 1. The van der Waals surface area contributed by atoms with E-state index in [1.807, 2.05) is 13.1 Å². The minimum atomic E-state index is 0.788. The molecule has 0 aliphatic carbocycles. The van der Waals surface area contributed by atoms with Gasteiger partial charge in [0.05, 0.1) is 12.8 Å². The number of hydrogen-bond donors (Lipinski definition) is 1. The Morgan fingerprint density at radius 2 is 2.27 bits per heavy atom. The van der Waals surface area contributed by atoms with E-state index in [-0.39, 0.29) is 0 Å². The van der Waals surface area contributed by atoms with Crippen LogP contribution in [-0.4, -0.2) is 18.6 Å². The Bertz CT molecular complexity index is 276. The Balaban J connectivity index is 2.44. The lowest BCUT2D eigenvalue weighted by atomic mass is 10.2. The molecule has 0 saturated carbocycles. The van der Waals surface area contributed by atoms with Crippen molar-refractivity contribution in [2.45, 2.75) is 32.7 Å². The second-order valence-electron chi connectivity index (χ2n) is 3.57. The van der Waals surface area contributed by atoms with Gasteiger partial charge in [0.2, 0.25) is 0 Å². The summed E-state index contributed by atoms with van der Waals surface area (Å²) in [4.78, 5) is 4.07. The molecule has 0 unspecified atom stereocenters. The molecule has 15 heavy (non-hydrogen) atoms. The molecule has 3 heteroatoms. The molecule has 1 heterocycles. The highest BCUT2D eigenvalue weighted by Crippen LogP contribution is 2.16. The minimum Gasteiger partial charge on any atom is -0.492 e. The second kappa shape index (κ2) is 7.23. The van der Waals surface area contributed by atoms with Crippen molar-refractivity contribution in [1.82, 2.24) is 10.3 Å². The number of pyridine rings is 1. The van der Waals surface area contributed by atoms with Crippen LogP contribution in [-0.2, 0) is 6.54 Å². The molecule has 0 spiro atoms. The monoisotopic (exact) mass is 208 g/mol. The third kappa shape index (κ3) is 4.30. The van der Waals surface area contributed by atoms with Crippen LogP contribution in [0.5, 0.6) is 5.75 Å². The predicted octanol–water partition coefficient (Wildman–Crippen LogP) is 2.37. The Morgan fingerprint density at radius 1 is 1.40 bits per heavy atom. The molecule has 0 aliphatic rings. The van der Waals surface area contributed by atoms with Crippen molar-refractivity contribution < 1.29 is 4.74 Å². The lowest BCUT2D eigenvalue weighted by Crippen LogP contribution is -2.08. The minimum absolute atomic E-state index is 0.788. The average molecular weight is 208 g/mol. The summed E-state index contributed by atoms with van der Waals surface area (Å²) in [6.07, 6.45) is 7.15. The highest BCUT2D eigenvalue weighted by molar-refractivity contribution is 5.29. The topological polar surface area (TPSA) is 34.1 Å². The van der Waals surface area contributed by atoms with E-state index in [4.69, 9.17) is 4.74 Å². The second-order valence-corrected chi connectivity index (χ2v) is 3.57. The van der Waals surface area contributed by atoms with Crippen LogP contribution in [0.25, 0.3) is 0 Å². The van der Waals surface area contributed by atoms with Gasteiger partial charge in [0.1, 0.15) is 5.75 Å². The Labute approximate surface area is 91.9 Å². The zero-order valence-electron chi connectivity index (χ0n) is 9.62. The maximum absolute atomic E-state index is 5.69. The molecule has 1 N–H and O–H groups in total. The first-order chi connectivity index (χ1) is 7.38. The fourth-order valence-corrected chi connectivity index (χ4v) is 1.41. The van der Waals surface area contributed by atoms with Gasteiger partial charge in [0, 0.05) is 18.3 Å². The van der Waals surface area contributed by atoms with Crippen LogP contribution in [0.3, 0.4) is 0 Å².